The Balaban J connectivity index is 2.19. The molecule has 0 unspecified atom stereocenters. The SMILES string of the molecule is C[C@@H](N)C(=O)N[C@@]1(OC=O)CC[C@@H]2[C@H]1[C@@]2(F)OC=O. The van der Waals surface area contributed by atoms with Gasteiger partial charge in [0.25, 0.3) is 18.8 Å². The van der Waals surface area contributed by atoms with Gasteiger partial charge < -0.3 is 20.5 Å². The van der Waals surface area contributed by atoms with Crippen molar-refractivity contribution >= 4 is 18.9 Å². The highest BCUT2D eigenvalue weighted by atomic mass is 19.2. The second kappa shape index (κ2) is 4.44. The summed E-state index contributed by atoms with van der Waals surface area (Å²) in [7, 11) is 0. The lowest BCUT2D eigenvalue weighted by Crippen LogP contribution is -2.56. The van der Waals surface area contributed by atoms with Crippen molar-refractivity contribution in [3.05, 3.63) is 0 Å². The van der Waals surface area contributed by atoms with Crippen molar-refractivity contribution in [2.45, 2.75) is 37.4 Å². The molecule has 3 N–H and O–H groups in total. The number of carbonyl (C=O) groups is 3. The summed E-state index contributed by atoms with van der Waals surface area (Å²) in [5, 5.41) is 2.44. The zero-order valence-corrected chi connectivity index (χ0v) is 10.3. The Morgan fingerprint density at radius 2 is 2.11 bits per heavy atom. The van der Waals surface area contributed by atoms with E-state index in [1.165, 1.54) is 6.92 Å². The highest BCUT2D eigenvalue weighted by Gasteiger charge is 2.81. The van der Waals surface area contributed by atoms with Crippen LogP contribution in [0.4, 0.5) is 4.39 Å². The molecule has 0 aliphatic heterocycles. The molecule has 7 nitrogen and oxygen atoms in total. The number of fused-ring (bicyclic) bond motifs is 1. The summed E-state index contributed by atoms with van der Waals surface area (Å²) in [4.78, 5) is 32.6. The van der Waals surface area contributed by atoms with Crippen molar-refractivity contribution in [2.75, 3.05) is 0 Å². The summed E-state index contributed by atoms with van der Waals surface area (Å²) in [6.45, 7) is 1.61. The van der Waals surface area contributed by atoms with Gasteiger partial charge in [0.1, 0.15) is 0 Å². The Labute approximate surface area is 108 Å². The van der Waals surface area contributed by atoms with Crippen LogP contribution in [0.25, 0.3) is 0 Å². The van der Waals surface area contributed by atoms with E-state index in [0.717, 1.165) is 0 Å². The molecule has 5 atom stereocenters. The molecular weight excluding hydrogens is 259 g/mol. The minimum Gasteiger partial charge on any atom is -0.441 e. The van der Waals surface area contributed by atoms with Gasteiger partial charge in [0.05, 0.1) is 12.0 Å². The van der Waals surface area contributed by atoms with E-state index in [4.69, 9.17) is 10.5 Å². The predicted molar refractivity (Wildman–Crippen MR) is 58.9 cm³/mol. The van der Waals surface area contributed by atoms with Gasteiger partial charge in [0.15, 0.2) is 5.72 Å². The van der Waals surface area contributed by atoms with E-state index in [1.54, 1.807) is 0 Å². The maximum Gasteiger partial charge on any atom is 0.295 e. The van der Waals surface area contributed by atoms with Crippen LogP contribution in [0, 0.1) is 11.8 Å². The molecule has 2 saturated carbocycles. The zero-order valence-electron chi connectivity index (χ0n) is 10.3. The molecule has 0 bridgehead atoms. The Kier molecular flexibility index (Phi) is 3.21. The quantitative estimate of drug-likeness (QED) is 0.485. The minimum absolute atomic E-state index is 0.0113. The lowest BCUT2D eigenvalue weighted by Gasteiger charge is -2.32. The fourth-order valence-electron chi connectivity index (χ4n) is 2.88. The predicted octanol–water partition coefficient (Wildman–Crippen LogP) is -0.802. The van der Waals surface area contributed by atoms with Crippen LogP contribution in [0.15, 0.2) is 0 Å². The monoisotopic (exact) mass is 274 g/mol. The normalized spacial score (nSPS) is 40.8. The number of nitrogens with one attached hydrogen (secondary N) is 1. The van der Waals surface area contributed by atoms with Gasteiger partial charge in [-0.05, 0) is 13.3 Å². The first kappa shape index (κ1) is 13.7. The van der Waals surface area contributed by atoms with E-state index in [1.807, 2.05) is 0 Å². The molecule has 0 aromatic heterocycles. The van der Waals surface area contributed by atoms with Crippen LogP contribution in [0.2, 0.25) is 0 Å². The van der Waals surface area contributed by atoms with Gasteiger partial charge in [-0.1, -0.05) is 0 Å². The summed E-state index contributed by atoms with van der Waals surface area (Å²) >= 11 is 0. The molecule has 2 aliphatic rings. The molecule has 0 radical (unpaired) electrons. The molecule has 106 valence electrons. The average molecular weight is 274 g/mol. The van der Waals surface area contributed by atoms with Crippen molar-refractivity contribution in [1.82, 2.24) is 5.32 Å². The maximum atomic E-state index is 14.2. The summed E-state index contributed by atoms with van der Waals surface area (Å²) in [6.07, 6.45) is 0.593. The Hall–Kier alpha value is -1.70. The fraction of sp³-hybridized carbons (Fsp3) is 0.727. The second-order valence-electron chi connectivity index (χ2n) is 4.92. The molecule has 0 saturated heterocycles. The van der Waals surface area contributed by atoms with Crippen LogP contribution in [0.1, 0.15) is 19.8 Å². The molecule has 0 spiro atoms. The van der Waals surface area contributed by atoms with Gasteiger partial charge in [-0.2, -0.15) is 4.39 Å². The number of carbonyl (C=O) groups excluding carboxylic acids is 3. The van der Waals surface area contributed by atoms with Crippen molar-refractivity contribution in [2.24, 2.45) is 17.6 Å². The van der Waals surface area contributed by atoms with Crippen molar-refractivity contribution in [3.63, 3.8) is 0 Å². The van der Waals surface area contributed by atoms with Crippen LogP contribution >= 0.6 is 0 Å². The molecule has 2 aliphatic carbocycles. The Morgan fingerprint density at radius 1 is 1.47 bits per heavy atom. The maximum absolute atomic E-state index is 14.2. The van der Waals surface area contributed by atoms with E-state index < -0.39 is 35.4 Å². The molecular formula is C11H15FN2O5. The third kappa shape index (κ3) is 1.95. The van der Waals surface area contributed by atoms with Crippen LogP contribution in [0.5, 0.6) is 0 Å². The number of halogens is 1. The molecule has 2 rings (SSSR count). The lowest BCUT2D eigenvalue weighted by atomic mass is 10.1. The minimum atomic E-state index is -2.19. The third-order valence-electron chi connectivity index (χ3n) is 3.79. The number of hydrogen-bond acceptors (Lipinski definition) is 6. The molecule has 8 heteroatoms. The molecule has 19 heavy (non-hydrogen) atoms. The van der Waals surface area contributed by atoms with Crippen LogP contribution < -0.4 is 11.1 Å². The Morgan fingerprint density at radius 3 is 2.63 bits per heavy atom. The number of ether oxygens (including phenoxy) is 2. The summed E-state index contributed by atoms with van der Waals surface area (Å²) in [5.74, 6) is -4.22. The van der Waals surface area contributed by atoms with Crippen LogP contribution in [-0.2, 0) is 23.9 Å². The highest BCUT2D eigenvalue weighted by molar-refractivity contribution is 5.82. The first-order valence-corrected chi connectivity index (χ1v) is 5.90. The first-order chi connectivity index (χ1) is 8.91. The van der Waals surface area contributed by atoms with Crippen molar-refractivity contribution in [1.29, 1.82) is 0 Å². The number of hydrogen-bond donors (Lipinski definition) is 2. The number of rotatable bonds is 6. The Bertz CT molecular complexity index is 418. The standard InChI is InChI=1S/C11H15FN2O5/c1-6(13)9(17)14-10(18-4-15)3-2-7-8(10)11(7,12)19-5-16/h4-8H,2-3,13H2,1H3,(H,14,17)/t6-,7-,8-,10-,11+/m1/s1. The summed E-state index contributed by atoms with van der Waals surface area (Å²) in [5.41, 5.74) is 3.93. The van der Waals surface area contributed by atoms with Crippen molar-refractivity contribution < 1.29 is 28.2 Å². The number of alkyl halides is 1. The molecule has 0 heterocycles. The topological polar surface area (TPSA) is 108 Å². The largest absolute Gasteiger partial charge is 0.441 e. The van der Waals surface area contributed by atoms with E-state index in [9.17, 15) is 18.8 Å². The van der Waals surface area contributed by atoms with Gasteiger partial charge in [-0.15, -0.1) is 0 Å². The van der Waals surface area contributed by atoms with E-state index in [0.29, 0.717) is 6.42 Å². The first-order valence-electron chi connectivity index (χ1n) is 5.90. The second-order valence-corrected chi connectivity index (χ2v) is 4.92. The van der Waals surface area contributed by atoms with E-state index in [2.05, 4.69) is 10.1 Å². The van der Waals surface area contributed by atoms with Gasteiger partial charge >= 0.3 is 0 Å². The zero-order chi connectivity index (χ0) is 14.3. The molecule has 0 aromatic rings. The van der Waals surface area contributed by atoms with Crippen LogP contribution in [0.3, 0.4) is 0 Å². The molecule has 0 aromatic carbocycles. The van der Waals surface area contributed by atoms with Gasteiger partial charge in [-0.3, -0.25) is 14.4 Å². The summed E-state index contributed by atoms with van der Waals surface area (Å²) < 4.78 is 23.6. The number of nitrogens with two attached hydrogens (primary N) is 1. The van der Waals surface area contributed by atoms with Gasteiger partial charge in [-0.25, -0.2) is 0 Å². The highest BCUT2D eigenvalue weighted by Crippen LogP contribution is 2.67. The average Bonchev–Trinajstić information content (AvgIpc) is 2.73. The fourth-order valence-corrected chi connectivity index (χ4v) is 2.88. The van der Waals surface area contributed by atoms with E-state index in [-0.39, 0.29) is 19.4 Å². The number of amides is 1. The molecule has 1 amide bonds. The van der Waals surface area contributed by atoms with Crippen LogP contribution in [-0.4, -0.2) is 36.5 Å². The lowest BCUT2D eigenvalue weighted by molar-refractivity contribution is -0.171. The van der Waals surface area contributed by atoms with Gasteiger partial charge in [0, 0.05) is 12.3 Å². The van der Waals surface area contributed by atoms with Crippen molar-refractivity contribution in [3.8, 4) is 0 Å². The molecule has 2 fully saturated rings. The smallest absolute Gasteiger partial charge is 0.295 e. The summed E-state index contributed by atoms with van der Waals surface area (Å²) in [6, 6.07) is -0.828. The van der Waals surface area contributed by atoms with E-state index >= 15 is 0 Å². The third-order valence-corrected chi connectivity index (χ3v) is 3.79. The van der Waals surface area contributed by atoms with Gasteiger partial charge in [0.2, 0.25) is 5.91 Å².